The molecule has 5 heteroatoms. The van der Waals surface area contributed by atoms with Crippen LogP contribution in [-0.2, 0) is 6.54 Å². The summed E-state index contributed by atoms with van der Waals surface area (Å²) in [6, 6.07) is 16.7. The number of benzene rings is 2. The molecule has 21 heavy (non-hydrogen) atoms. The maximum absolute atomic E-state index is 12.6. The lowest BCUT2D eigenvalue weighted by molar-refractivity contribution is 0.0765. The van der Waals surface area contributed by atoms with Crippen LogP contribution in [0.2, 0.25) is 5.02 Å². The Hall–Kier alpha value is -1.83. The second kappa shape index (κ2) is 7.26. The fourth-order valence-electron chi connectivity index (χ4n) is 1.93. The topological polar surface area (TPSA) is 44.1 Å². The van der Waals surface area contributed by atoms with Crippen LogP contribution in [0.4, 0.5) is 0 Å². The third-order valence-corrected chi connectivity index (χ3v) is 4.24. The standard InChI is InChI=1S/C16H12BrClN2O/c17-14-8-4-7-13(15(14)18)16(21)20(10-9-19)11-12-5-2-1-3-6-12/h1-8H,10-11H2. The van der Waals surface area contributed by atoms with E-state index in [1.807, 2.05) is 36.4 Å². The maximum Gasteiger partial charge on any atom is 0.256 e. The minimum absolute atomic E-state index is 0.0105. The number of hydrogen-bond acceptors (Lipinski definition) is 2. The van der Waals surface area contributed by atoms with Crippen molar-refractivity contribution in [2.24, 2.45) is 0 Å². The monoisotopic (exact) mass is 362 g/mol. The molecule has 106 valence electrons. The van der Waals surface area contributed by atoms with Gasteiger partial charge in [0.25, 0.3) is 5.91 Å². The first-order chi connectivity index (χ1) is 10.1. The van der Waals surface area contributed by atoms with E-state index in [0.717, 1.165) is 5.56 Å². The number of carbonyl (C=O) groups excluding carboxylic acids is 1. The van der Waals surface area contributed by atoms with Crippen molar-refractivity contribution in [2.45, 2.75) is 6.54 Å². The van der Waals surface area contributed by atoms with Gasteiger partial charge in [0.2, 0.25) is 0 Å². The Bertz CT molecular complexity index is 682. The summed E-state index contributed by atoms with van der Waals surface area (Å²) in [5.74, 6) is -0.258. The van der Waals surface area contributed by atoms with Crippen molar-refractivity contribution >= 4 is 33.4 Å². The van der Waals surface area contributed by atoms with E-state index in [1.54, 1.807) is 18.2 Å². The summed E-state index contributed by atoms with van der Waals surface area (Å²) in [6.07, 6.45) is 0. The third-order valence-electron chi connectivity index (χ3n) is 2.95. The average molecular weight is 364 g/mol. The Kier molecular flexibility index (Phi) is 5.38. The molecule has 2 aromatic rings. The molecule has 0 heterocycles. The summed E-state index contributed by atoms with van der Waals surface area (Å²) in [5, 5.41) is 9.31. The van der Waals surface area contributed by atoms with Crippen LogP contribution >= 0.6 is 27.5 Å². The molecule has 0 aliphatic carbocycles. The largest absolute Gasteiger partial charge is 0.321 e. The molecule has 1 amide bonds. The lowest BCUT2D eigenvalue weighted by atomic mass is 10.1. The summed E-state index contributed by atoms with van der Waals surface area (Å²) < 4.78 is 0.659. The van der Waals surface area contributed by atoms with Crippen LogP contribution in [0.3, 0.4) is 0 Å². The van der Waals surface area contributed by atoms with Crippen LogP contribution in [0.1, 0.15) is 15.9 Å². The molecule has 2 rings (SSSR count). The van der Waals surface area contributed by atoms with Gasteiger partial charge in [-0.15, -0.1) is 0 Å². The highest BCUT2D eigenvalue weighted by Crippen LogP contribution is 2.27. The summed E-state index contributed by atoms with van der Waals surface area (Å²) in [6.45, 7) is 0.382. The zero-order valence-corrected chi connectivity index (χ0v) is 13.4. The van der Waals surface area contributed by atoms with Crippen LogP contribution in [0.15, 0.2) is 53.0 Å². The van der Waals surface area contributed by atoms with Gasteiger partial charge < -0.3 is 4.90 Å². The number of amides is 1. The molecule has 0 bridgehead atoms. The van der Waals surface area contributed by atoms with E-state index in [0.29, 0.717) is 21.6 Å². The molecular weight excluding hydrogens is 352 g/mol. The van der Waals surface area contributed by atoms with E-state index < -0.39 is 0 Å². The molecule has 0 aliphatic rings. The second-order valence-corrected chi connectivity index (χ2v) is 5.64. The fraction of sp³-hybridized carbons (Fsp3) is 0.125. The molecule has 3 nitrogen and oxygen atoms in total. The van der Waals surface area contributed by atoms with Gasteiger partial charge >= 0.3 is 0 Å². The summed E-state index contributed by atoms with van der Waals surface area (Å²) in [4.78, 5) is 14.1. The van der Waals surface area contributed by atoms with Gasteiger partial charge in [-0.2, -0.15) is 5.26 Å². The van der Waals surface area contributed by atoms with Crippen molar-refractivity contribution in [3.05, 3.63) is 69.2 Å². The Morgan fingerprint density at radius 1 is 1.19 bits per heavy atom. The highest BCUT2D eigenvalue weighted by atomic mass is 79.9. The quantitative estimate of drug-likeness (QED) is 0.762. The lowest BCUT2D eigenvalue weighted by Gasteiger charge is -2.20. The number of nitriles is 1. The van der Waals surface area contributed by atoms with Crippen molar-refractivity contribution in [1.29, 1.82) is 5.26 Å². The van der Waals surface area contributed by atoms with Crippen molar-refractivity contribution < 1.29 is 4.79 Å². The van der Waals surface area contributed by atoms with Gasteiger partial charge in [-0.1, -0.05) is 48.0 Å². The van der Waals surface area contributed by atoms with Gasteiger partial charge in [-0.05, 0) is 33.6 Å². The highest BCUT2D eigenvalue weighted by Gasteiger charge is 2.19. The molecule has 0 aromatic heterocycles. The number of halogens is 2. The molecular formula is C16H12BrClN2O. The Morgan fingerprint density at radius 2 is 1.90 bits per heavy atom. The first kappa shape index (κ1) is 15.6. The van der Waals surface area contributed by atoms with Crippen molar-refractivity contribution in [2.75, 3.05) is 6.54 Å². The van der Waals surface area contributed by atoms with Gasteiger partial charge in [0, 0.05) is 11.0 Å². The molecule has 0 saturated heterocycles. The van der Waals surface area contributed by atoms with Crippen LogP contribution < -0.4 is 0 Å². The molecule has 0 atom stereocenters. The molecule has 0 spiro atoms. The minimum Gasteiger partial charge on any atom is -0.321 e. The van der Waals surface area contributed by atoms with Gasteiger partial charge in [0.05, 0.1) is 16.7 Å². The van der Waals surface area contributed by atoms with Crippen molar-refractivity contribution in [3.63, 3.8) is 0 Å². The number of rotatable bonds is 4. The second-order valence-electron chi connectivity index (χ2n) is 4.41. The molecule has 2 aromatic carbocycles. The van der Waals surface area contributed by atoms with E-state index in [1.165, 1.54) is 4.90 Å². The predicted octanol–water partition coefficient (Wildman–Crippen LogP) is 4.27. The summed E-state index contributed by atoms with van der Waals surface area (Å²) >= 11 is 9.46. The van der Waals surface area contributed by atoms with Crippen LogP contribution in [0, 0.1) is 11.3 Å². The molecule has 0 radical (unpaired) electrons. The normalized spacial score (nSPS) is 9.95. The molecule has 0 aliphatic heterocycles. The zero-order chi connectivity index (χ0) is 15.2. The van der Waals surface area contributed by atoms with Gasteiger partial charge in [0.1, 0.15) is 6.54 Å². The van der Waals surface area contributed by atoms with E-state index in [-0.39, 0.29) is 12.5 Å². The van der Waals surface area contributed by atoms with E-state index >= 15 is 0 Å². The summed E-state index contributed by atoms with van der Waals surface area (Å²) in [7, 11) is 0. The first-order valence-electron chi connectivity index (χ1n) is 6.27. The van der Waals surface area contributed by atoms with E-state index in [2.05, 4.69) is 15.9 Å². The van der Waals surface area contributed by atoms with Crippen LogP contribution in [0.25, 0.3) is 0 Å². The average Bonchev–Trinajstić information content (AvgIpc) is 2.50. The van der Waals surface area contributed by atoms with E-state index in [9.17, 15) is 4.79 Å². The fourth-order valence-corrected chi connectivity index (χ4v) is 2.50. The predicted molar refractivity (Wildman–Crippen MR) is 85.9 cm³/mol. The van der Waals surface area contributed by atoms with Crippen molar-refractivity contribution in [3.8, 4) is 6.07 Å². The first-order valence-corrected chi connectivity index (χ1v) is 7.44. The number of nitrogens with zero attached hydrogens (tertiary/aromatic N) is 2. The van der Waals surface area contributed by atoms with Crippen LogP contribution in [-0.4, -0.2) is 17.4 Å². The maximum atomic E-state index is 12.6. The van der Waals surface area contributed by atoms with E-state index in [4.69, 9.17) is 16.9 Å². The zero-order valence-electron chi connectivity index (χ0n) is 11.1. The number of hydrogen-bond donors (Lipinski definition) is 0. The Morgan fingerprint density at radius 3 is 2.57 bits per heavy atom. The lowest BCUT2D eigenvalue weighted by Crippen LogP contribution is -2.31. The SMILES string of the molecule is N#CCN(Cc1ccccc1)C(=O)c1cccc(Br)c1Cl. The highest BCUT2D eigenvalue weighted by molar-refractivity contribution is 9.10. The number of carbonyl (C=O) groups is 1. The Balaban J connectivity index is 2.28. The molecule has 0 fully saturated rings. The minimum atomic E-state index is -0.258. The third kappa shape index (κ3) is 3.84. The summed E-state index contributed by atoms with van der Waals surface area (Å²) in [5.41, 5.74) is 1.35. The molecule has 0 saturated carbocycles. The smallest absolute Gasteiger partial charge is 0.256 e. The molecule has 0 N–H and O–H groups in total. The van der Waals surface area contributed by atoms with Gasteiger partial charge in [0.15, 0.2) is 0 Å². The Labute approximate surface area is 136 Å². The van der Waals surface area contributed by atoms with Crippen LogP contribution in [0.5, 0.6) is 0 Å². The van der Waals surface area contributed by atoms with Gasteiger partial charge in [-0.3, -0.25) is 4.79 Å². The van der Waals surface area contributed by atoms with Crippen molar-refractivity contribution in [1.82, 2.24) is 4.90 Å². The molecule has 0 unspecified atom stereocenters. The van der Waals surface area contributed by atoms with Gasteiger partial charge in [-0.25, -0.2) is 0 Å².